The van der Waals surface area contributed by atoms with Gasteiger partial charge in [0.2, 0.25) is 0 Å². The summed E-state index contributed by atoms with van der Waals surface area (Å²) < 4.78 is 0. The molecule has 0 N–H and O–H groups in total. The third-order valence-corrected chi connectivity index (χ3v) is 4.61. The lowest BCUT2D eigenvalue weighted by Gasteiger charge is -2.35. The molecule has 0 fully saturated rings. The largest absolute Gasteiger partial charge is 0.299 e. The zero-order chi connectivity index (χ0) is 14.9. The number of Topliss-reactive ketones (excluding diaryl/α,β-unsaturated/α-hetero) is 2. The highest BCUT2D eigenvalue weighted by Crippen LogP contribution is 2.41. The van der Waals surface area contributed by atoms with Crippen LogP contribution < -0.4 is 0 Å². The predicted octanol–water partition coefficient (Wildman–Crippen LogP) is 4.14. The van der Waals surface area contributed by atoms with E-state index in [1.807, 2.05) is 45.0 Å². The van der Waals surface area contributed by atoms with E-state index < -0.39 is 5.41 Å². The Balaban J connectivity index is 2.49. The summed E-state index contributed by atoms with van der Waals surface area (Å²) in [4.78, 5) is 25.2. The zero-order valence-corrected chi connectivity index (χ0v) is 12.7. The third kappa shape index (κ3) is 2.35. The maximum atomic E-state index is 12.9. The van der Waals surface area contributed by atoms with E-state index in [0.717, 1.165) is 23.1 Å². The van der Waals surface area contributed by atoms with Gasteiger partial charge in [0, 0.05) is 5.56 Å². The van der Waals surface area contributed by atoms with Crippen LogP contribution in [0.15, 0.2) is 35.4 Å². The maximum Gasteiger partial charge on any atom is 0.176 e. The number of carbonyl (C=O) groups excluding carboxylic acids is 2. The van der Waals surface area contributed by atoms with Gasteiger partial charge in [-0.2, -0.15) is 0 Å². The molecule has 1 aromatic carbocycles. The van der Waals surface area contributed by atoms with Gasteiger partial charge in [-0.25, -0.2) is 0 Å². The molecule has 1 unspecified atom stereocenters. The van der Waals surface area contributed by atoms with Gasteiger partial charge in [0.15, 0.2) is 5.78 Å². The second-order valence-corrected chi connectivity index (χ2v) is 6.08. The summed E-state index contributed by atoms with van der Waals surface area (Å²) in [6.45, 7) is 7.65. The Morgan fingerprint density at radius 1 is 1.15 bits per heavy atom. The van der Waals surface area contributed by atoms with Gasteiger partial charge in [-0.1, -0.05) is 35.4 Å². The van der Waals surface area contributed by atoms with Crippen molar-refractivity contribution in [2.45, 2.75) is 47.0 Å². The minimum Gasteiger partial charge on any atom is -0.299 e. The minimum absolute atomic E-state index is 0.00222. The van der Waals surface area contributed by atoms with Crippen molar-refractivity contribution in [2.24, 2.45) is 5.41 Å². The van der Waals surface area contributed by atoms with E-state index in [1.54, 1.807) is 6.92 Å². The van der Waals surface area contributed by atoms with Gasteiger partial charge in [0.05, 0.1) is 5.41 Å². The number of benzene rings is 1. The first-order valence-corrected chi connectivity index (χ1v) is 7.15. The Morgan fingerprint density at radius 2 is 1.80 bits per heavy atom. The summed E-state index contributed by atoms with van der Waals surface area (Å²) in [5, 5.41) is 0. The van der Waals surface area contributed by atoms with E-state index in [1.165, 1.54) is 5.57 Å². The normalized spacial score (nSPS) is 21.3. The Labute approximate surface area is 120 Å². The average Bonchev–Trinajstić information content (AvgIpc) is 2.41. The molecule has 106 valence electrons. The standard InChI is InChI=1S/C18H22O2/c1-12(2)13(3)11-18(14(4)19)10-9-15-7-5-6-8-16(15)17(18)20/h5-8H,9-11H2,1-4H3. The van der Waals surface area contributed by atoms with E-state index in [0.29, 0.717) is 12.8 Å². The molecule has 0 saturated carbocycles. The molecule has 0 spiro atoms. The highest BCUT2D eigenvalue weighted by Gasteiger charge is 2.46. The Hall–Kier alpha value is -1.70. The molecule has 0 aromatic heterocycles. The van der Waals surface area contributed by atoms with Crippen LogP contribution in [0.4, 0.5) is 0 Å². The molecule has 0 heterocycles. The fraction of sp³-hybridized carbons (Fsp3) is 0.444. The molecule has 2 rings (SSSR count). The highest BCUT2D eigenvalue weighted by molar-refractivity contribution is 6.15. The summed E-state index contributed by atoms with van der Waals surface area (Å²) >= 11 is 0. The number of carbonyl (C=O) groups is 2. The molecule has 0 aliphatic heterocycles. The third-order valence-electron chi connectivity index (χ3n) is 4.61. The summed E-state index contributed by atoms with van der Waals surface area (Å²) in [6, 6.07) is 7.67. The van der Waals surface area contributed by atoms with Crippen LogP contribution in [0.5, 0.6) is 0 Å². The van der Waals surface area contributed by atoms with Crippen LogP contribution in [0, 0.1) is 5.41 Å². The fourth-order valence-corrected chi connectivity index (χ4v) is 2.94. The number of hydrogen-bond acceptors (Lipinski definition) is 2. The quantitative estimate of drug-likeness (QED) is 0.611. The summed E-state index contributed by atoms with van der Waals surface area (Å²) in [5.74, 6) is 0.00468. The minimum atomic E-state index is -0.851. The van der Waals surface area contributed by atoms with Crippen molar-refractivity contribution in [1.29, 1.82) is 0 Å². The van der Waals surface area contributed by atoms with Crippen LogP contribution in [0.25, 0.3) is 0 Å². The molecule has 0 amide bonds. The Morgan fingerprint density at radius 3 is 2.40 bits per heavy atom. The number of hydrogen-bond donors (Lipinski definition) is 0. The summed E-state index contributed by atoms with van der Waals surface area (Å²) in [5.41, 5.74) is 3.29. The highest BCUT2D eigenvalue weighted by atomic mass is 16.2. The van der Waals surface area contributed by atoms with Crippen molar-refractivity contribution in [3.8, 4) is 0 Å². The van der Waals surface area contributed by atoms with Crippen LogP contribution in [0.3, 0.4) is 0 Å². The number of allylic oxidation sites excluding steroid dienone is 2. The van der Waals surface area contributed by atoms with Crippen LogP contribution in [0.1, 0.15) is 56.5 Å². The van der Waals surface area contributed by atoms with Gasteiger partial charge in [-0.15, -0.1) is 0 Å². The van der Waals surface area contributed by atoms with Gasteiger partial charge >= 0.3 is 0 Å². The second kappa shape index (κ2) is 5.35. The zero-order valence-electron chi connectivity index (χ0n) is 12.7. The first-order chi connectivity index (χ1) is 9.38. The molecule has 1 aromatic rings. The van der Waals surface area contributed by atoms with Crippen molar-refractivity contribution in [2.75, 3.05) is 0 Å². The first kappa shape index (κ1) is 14.7. The molecule has 0 saturated heterocycles. The van der Waals surface area contributed by atoms with Crippen LogP contribution >= 0.6 is 0 Å². The summed E-state index contributed by atoms with van der Waals surface area (Å²) in [7, 11) is 0. The second-order valence-electron chi connectivity index (χ2n) is 6.08. The van der Waals surface area contributed by atoms with Crippen LogP contribution in [-0.4, -0.2) is 11.6 Å². The van der Waals surface area contributed by atoms with E-state index >= 15 is 0 Å². The number of fused-ring (bicyclic) bond motifs is 1. The molecule has 2 heteroatoms. The molecular weight excluding hydrogens is 248 g/mol. The van der Waals surface area contributed by atoms with Gasteiger partial charge in [0.1, 0.15) is 5.78 Å². The molecule has 1 aliphatic carbocycles. The molecule has 2 nitrogen and oxygen atoms in total. The summed E-state index contributed by atoms with van der Waals surface area (Å²) in [6.07, 6.45) is 1.98. The fourth-order valence-electron chi connectivity index (χ4n) is 2.94. The molecular formula is C18H22O2. The van der Waals surface area contributed by atoms with Crippen molar-refractivity contribution in [3.05, 3.63) is 46.5 Å². The van der Waals surface area contributed by atoms with Gasteiger partial charge in [0.25, 0.3) is 0 Å². The van der Waals surface area contributed by atoms with Gasteiger partial charge in [-0.3, -0.25) is 9.59 Å². The lowest BCUT2D eigenvalue weighted by atomic mass is 9.65. The first-order valence-electron chi connectivity index (χ1n) is 7.15. The van der Waals surface area contributed by atoms with E-state index in [9.17, 15) is 9.59 Å². The van der Waals surface area contributed by atoms with Crippen LogP contribution in [-0.2, 0) is 11.2 Å². The van der Waals surface area contributed by atoms with Crippen LogP contribution in [0.2, 0.25) is 0 Å². The van der Waals surface area contributed by atoms with Crippen molar-refractivity contribution < 1.29 is 9.59 Å². The average molecular weight is 270 g/mol. The van der Waals surface area contributed by atoms with E-state index in [2.05, 4.69) is 0 Å². The maximum absolute atomic E-state index is 12.9. The molecule has 0 radical (unpaired) electrons. The molecule has 0 bridgehead atoms. The van der Waals surface area contributed by atoms with Crippen molar-refractivity contribution >= 4 is 11.6 Å². The SMILES string of the molecule is CC(=O)C1(CC(C)=C(C)C)CCc2ccccc2C1=O. The van der Waals surface area contributed by atoms with E-state index in [4.69, 9.17) is 0 Å². The number of rotatable bonds is 3. The number of aryl methyl sites for hydroxylation is 1. The monoisotopic (exact) mass is 270 g/mol. The van der Waals surface area contributed by atoms with Gasteiger partial charge in [-0.05, 0) is 52.5 Å². The van der Waals surface area contributed by atoms with Crippen molar-refractivity contribution in [3.63, 3.8) is 0 Å². The number of ketones is 2. The Bertz CT molecular complexity index is 591. The molecule has 20 heavy (non-hydrogen) atoms. The predicted molar refractivity (Wildman–Crippen MR) is 80.9 cm³/mol. The van der Waals surface area contributed by atoms with Gasteiger partial charge < -0.3 is 0 Å². The lowest BCUT2D eigenvalue weighted by Crippen LogP contribution is -2.42. The molecule has 1 atom stereocenters. The lowest BCUT2D eigenvalue weighted by molar-refractivity contribution is -0.124. The Kier molecular flexibility index (Phi) is 3.94. The van der Waals surface area contributed by atoms with Crippen molar-refractivity contribution in [1.82, 2.24) is 0 Å². The molecule has 1 aliphatic rings. The smallest absolute Gasteiger partial charge is 0.176 e. The topological polar surface area (TPSA) is 34.1 Å². The van der Waals surface area contributed by atoms with E-state index in [-0.39, 0.29) is 11.6 Å².